The molecule has 7 heteroatoms. The summed E-state index contributed by atoms with van der Waals surface area (Å²) in [6.45, 7) is 0. The third-order valence-electron chi connectivity index (χ3n) is 2.95. The lowest BCUT2D eigenvalue weighted by Gasteiger charge is -2.02. The van der Waals surface area contributed by atoms with E-state index in [2.05, 4.69) is 25.8 Å². The average molecular weight is 295 g/mol. The molecule has 0 fully saturated rings. The first kappa shape index (κ1) is 13.7. The number of rotatable bonds is 5. The maximum atomic E-state index is 5.27. The lowest BCUT2D eigenvalue weighted by molar-refractivity contribution is -0.579. The van der Waals surface area contributed by atoms with Crippen LogP contribution in [0.2, 0.25) is 0 Å². The van der Waals surface area contributed by atoms with Crippen molar-refractivity contribution in [2.45, 2.75) is 0 Å². The van der Waals surface area contributed by atoms with E-state index in [-0.39, 0.29) is 0 Å². The molecule has 0 atom stereocenters. The Kier molecular flexibility index (Phi) is 4.05. The number of ether oxygens (including phenoxy) is 1. The second-order valence-corrected chi connectivity index (χ2v) is 4.38. The van der Waals surface area contributed by atoms with Gasteiger partial charge in [0, 0.05) is 22.9 Å². The molecule has 0 saturated heterocycles. The summed E-state index contributed by atoms with van der Waals surface area (Å²) in [4.78, 5) is 0. The molecular formula is C15H15N6O+. The quantitative estimate of drug-likeness (QED) is 0.426. The van der Waals surface area contributed by atoms with Gasteiger partial charge in [-0.25, -0.2) is 0 Å². The maximum absolute atomic E-state index is 5.27. The first-order valence-corrected chi connectivity index (χ1v) is 6.68. The lowest BCUT2D eigenvalue weighted by atomic mass is 10.2. The summed E-state index contributed by atoms with van der Waals surface area (Å²) in [6.07, 6.45) is 7.06. The highest BCUT2D eigenvalue weighted by molar-refractivity contribution is 5.79. The Morgan fingerprint density at radius 3 is 3.09 bits per heavy atom. The molecule has 3 rings (SSSR count). The SMILES string of the molecule is COc1ccccc1/C=C/C=N/Nc1ccc2n[nH]c[n+]2n1. The Bertz CT molecular complexity index is 824. The van der Waals surface area contributed by atoms with Gasteiger partial charge in [0.05, 0.1) is 7.11 Å². The van der Waals surface area contributed by atoms with Crippen LogP contribution in [0.1, 0.15) is 5.56 Å². The zero-order valence-electron chi connectivity index (χ0n) is 12.0. The van der Waals surface area contributed by atoms with E-state index in [9.17, 15) is 0 Å². The van der Waals surface area contributed by atoms with Crippen LogP contribution in [0.5, 0.6) is 5.75 Å². The number of para-hydroxylation sites is 1. The minimum absolute atomic E-state index is 0.626. The zero-order chi connectivity index (χ0) is 15.2. The molecule has 0 bridgehead atoms. The van der Waals surface area contributed by atoms with Gasteiger partial charge in [0.15, 0.2) is 5.82 Å². The standard InChI is InChI=1S/C15H14N6O/c1-22-13-7-3-2-5-12(13)6-4-10-16-18-14-8-9-15-19-17-11-21(15)20-14/h2-11H,1H3,(H,18,20)/p+1/b6-4+,16-10+. The van der Waals surface area contributed by atoms with Crippen molar-refractivity contribution in [2.75, 3.05) is 12.5 Å². The van der Waals surface area contributed by atoms with Crippen LogP contribution in [-0.2, 0) is 0 Å². The molecule has 0 radical (unpaired) electrons. The van der Waals surface area contributed by atoms with Crippen LogP contribution in [0.4, 0.5) is 5.82 Å². The number of H-pyrrole nitrogens is 1. The summed E-state index contributed by atoms with van der Waals surface area (Å²) in [6, 6.07) is 11.4. The monoisotopic (exact) mass is 295 g/mol. The van der Waals surface area contributed by atoms with Gasteiger partial charge in [-0.1, -0.05) is 23.3 Å². The number of fused-ring (bicyclic) bond motifs is 1. The fraction of sp³-hybridized carbons (Fsp3) is 0.0667. The molecule has 7 nitrogen and oxygen atoms in total. The molecule has 110 valence electrons. The van der Waals surface area contributed by atoms with Gasteiger partial charge in [-0.3, -0.25) is 5.43 Å². The summed E-state index contributed by atoms with van der Waals surface area (Å²) in [5, 5.41) is 15.1. The smallest absolute Gasteiger partial charge is 0.325 e. The van der Waals surface area contributed by atoms with Gasteiger partial charge in [-0.05, 0) is 24.3 Å². The summed E-state index contributed by atoms with van der Waals surface area (Å²) >= 11 is 0. The molecule has 0 aliphatic heterocycles. The van der Waals surface area contributed by atoms with Crippen LogP contribution in [-0.4, -0.2) is 28.6 Å². The first-order valence-electron chi connectivity index (χ1n) is 6.68. The Morgan fingerprint density at radius 1 is 1.27 bits per heavy atom. The molecule has 0 saturated carbocycles. The molecule has 0 aliphatic carbocycles. The van der Waals surface area contributed by atoms with Crippen molar-refractivity contribution in [1.82, 2.24) is 15.3 Å². The van der Waals surface area contributed by atoms with Crippen molar-refractivity contribution in [3.05, 3.63) is 54.4 Å². The van der Waals surface area contributed by atoms with E-state index in [1.54, 1.807) is 30.2 Å². The molecule has 22 heavy (non-hydrogen) atoms. The topological polar surface area (TPSA) is 79.3 Å². The maximum Gasteiger partial charge on any atom is 0.325 e. The van der Waals surface area contributed by atoms with Crippen LogP contribution in [0.3, 0.4) is 0 Å². The third kappa shape index (κ3) is 3.09. The van der Waals surface area contributed by atoms with Gasteiger partial charge >= 0.3 is 5.65 Å². The van der Waals surface area contributed by atoms with Gasteiger partial charge in [0.2, 0.25) is 6.33 Å². The van der Waals surface area contributed by atoms with E-state index in [4.69, 9.17) is 4.74 Å². The second-order valence-electron chi connectivity index (χ2n) is 4.38. The molecule has 0 spiro atoms. The Morgan fingerprint density at radius 2 is 2.18 bits per heavy atom. The Balaban J connectivity index is 1.63. The van der Waals surface area contributed by atoms with E-state index >= 15 is 0 Å². The van der Waals surface area contributed by atoms with Crippen molar-refractivity contribution in [2.24, 2.45) is 5.10 Å². The summed E-state index contributed by atoms with van der Waals surface area (Å²) in [7, 11) is 1.65. The van der Waals surface area contributed by atoms with Gasteiger partial charge in [-0.15, -0.1) is 9.61 Å². The minimum atomic E-state index is 0.626. The number of hydrogen-bond donors (Lipinski definition) is 2. The Hall–Kier alpha value is -3.22. The van der Waals surface area contributed by atoms with Gasteiger partial charge in [-0.2, -0.15) is 5.10 Å². The fourth-order valence-corrected chi connectivity index (χ4v) is 1.92. The van der Waals surface area contributed by atoms with E-state index < -0.39 is 0 Å². The molecule has 0 aliphatic rings. The molecule has 3 aromatic rings. The molecule has 2 heterocycles. The highest BCUT2D eigenvalue weighted by atomic mass is 16.5. The molecule has 0 amide bonds. The van der Waals surface area contributed by atoms with Crippen molar-refractivity contribution in [3.8, 4) is 5.75 Å². The molecule has 1 aromatic carbocycles. The number of aromatic amines is 1. The fourth-order valence-electron chi connectivity index (χ4n) is 1.92. The molecule has 2 N–H and O–H groups in total. The number of aromatic nitrogens is 4. The first-order chi connectivity index (χ1) is 10.9. The highest BCUT2D eigenvalue weighted by Crippen LogP contribution is 2.18. The van der Waals surface area contributed by atoms with Crippen LogP contribution in [0.15, 0.2) is 53.9 Å². The number of nitrogens with one attached hydrogen (secondary N) is 2. The number of hydrazone groups is 1. The number of hydrogen-bond acceptors (Lipinski definition) is 5. The molecular weight excluding hydrogens is 280 g/mol. The second kappa shape index (κ2) is 6.49. The zero-order valence-corrected chi connectivity index (χ0v) is 12.0. The van der Waals surface area contributed by atoms with Crippen molar-refractivity contribution >= 4 is 23.8 Å². The van der Waals surface area contributed by atoms with E-state index in [0.717, 1.165) is 17.0 Å². The van der Waals surface area contributed by atoms with Crippen LogP contribution < -0.4 is 14.7 Å². The van der Waals surface area contributed by atoms with E-state index in [1.807, 2.05) is 42.5 Å². The minimum Gasteiger partial charge on any atom is -0.496 e. The lowest BCUT2D eigenvalue weighted by Crippen LogP contribution is -2.24. The van der Waals surface area contributed by atoms with Crippen LogP contribution in [0.25, 0.3) is 11.7 Å². The summed E-state index contributed by atoms with van der Waals surface area (Å²) < 4.78 is 6.90. The van der Waals surface area contributed by atoms with Crippen molar-refractivity contribution in [3.63, 3.8) is 0 Å². The summed E-state index contributed by atoms with van der Waals surface area (Å²) in [5.74, 6) is 1.45. The normalized spacial score (nSPS) is 11.5. The number of benzene rings is 1. The highest BCUT2D eigenvalue weighted by Gasteiger charge is 2.04. The van der Waals surface area contributed by atoms with Crippen LogP contribution >= 0.6 is 0 Å². The number of methoxy groups -OCH3 is 1. The average Bonchev–Trinajstić information content (AvgIpc) is 3.02. The largest absolute Gasteiger partial charge is 0.496 e. The van der Waals surface area contributed by atoms with E-state index in [0.29, 0.717) is 5.82 Å². The van der Waals surface area contributed by atoms with Gasteiger partial charge in [0.1, 0.15) is 5.75 Å². The third-order valence-corrected chi connectivity index (χ3v) is 2.95. The molecule has 0 unspecified atom stereocenters. The van der Waals surface area contributed by atoms with Crippen molar-refractivity contribution < 1.29 is 9.25 Å². The Labute approximate surface area is 127 Å². The predicted octanol–water partition coefficient (Wildman–Crippen LogP) is 1.66. The predicted molar refractivity (Wildman–Crippen MR) is 83.7 cm³/mol. The number of nitrogens with zero attached hydrogens (tertiary/aromatic N) is 4. The van der Waals surface area contributed by atoms with Crippen molar-refractivity contribution in [1.29, 1.82) is 0 Å². The van der Waals surface area contributed by atoms with Gasteiger partial charge < -0.3 is 4.74 Å². The number of allylic oxidation sites excluding steroid dienone is 1. The summed E-state index contributed by atoms with van der Waals surface area (Å²) in [5.41, 5.74) is 4.59. The van der Waals surface area contributed by atoms with E-state index in [1.165, 1.54) is 0 Å². The molecule has 2 aromatic heterocycles. The van der Waals surface area contributed by atoms with Gasteiger partial charge in [0.25, 0.3) is 0 Å². The number of anilines is 1. The van der Waals surface area contributed by atoms with Crippen LogP contribution in [0, 0.1) is 0 Å².